The SMILES string of the molecule is c1ccc(-c2cccc(-c3nc(-c4ccc(-c5c6ccccc6cc6c5ccc5ccccc56)cc4)nc(-c4ccccc4-c4cccc5oc6ccccc6c45)n3)c2)cc1. The molecule has 0 aliphatic heterocycles. The van der Waals surface area contributed by atoms with Crippen LogP contribution >= 0.6 is 0 Å². The van der Waals surface area contributed by atoms with Gasteiger partial charge < -0.3 is 4.42 Å². The summed E-state index contributed by atoms with van der Waals surface area (Å²) in [6.07, 6.45) is 0. The molecule has 0 saturated carbocycles. The van der Waals surface area contributed by atoms with Crippen LogP contribution in [0.5, 0.6) is 0 Å². The van der Waals surface area contributed by atoms with Crippen molar-refractivity contribution in [1.29, 1.82) is 0 Å². The third kappa shape index (κ3) is 5.96. The molecule has 0 radical (unpaired) electrons. The zero-order valence-electron chi connectivity index (χ0n) is 33.0. The van der Waals surface area contributed by atoms with E-state index in [1.807, 2.05) is 24.3 Å². The average molecular weight is 778 g/mol. The third-order valence-corrected chi connectivity index (χ3v) is 11.9. The molecule has 284 valence electrons. The maximum Gasteiger partial charge on any atom is 0.164 e. The summed E-state index contributed by atoms with van der Waals surface area (Å²) in [7, 11) is 0. The van der Waals surface area contributed by atoms with E-state index in [9.17, 15) is 0 Å². The largest absolute Gasteiger partial charge is 0.456 e. The van der Waals surface area contributed by atoms with Gasteiger partial charge in [0.2, 0.25) is 0 Å². The summed E-state index contributed by atoms with van der Waals surface area (Å²) in [5.41, 5.74) is 11.1. The van der Waals surface area contributed by atoms with E-state index in [1.165, 1.54) is 37.9 Å². The first-order chi connectivity index (χ1) is 30.2. The van der Waals surface area contributed by atoms with Gasteiger partial charge in [-0.25, -0.2) is 15.0 Å². The van der Waals surface area contributed by atoms with Crippen molar-refractivity contribution in [1.82, 2.24) is 15.0 Å². The number of para-hydroxylation sites is 1. The number of fused-ring (bicyclic) bond motifs is 7. The number of benzene rings is 10. The molecule has 12 aromatic rings. The normalized spacial score (nSPS) is 11.6. The quantitative estimate of drug-likeness (QED) is 0.125. The van der Waals surface area contributed by atoms with Crippen molar-refractivity contribution in [3.05, 3.63) is 212 Å². The van der Waals surface area contributed by atoms with E-state index in [0.29, 0.717) is 17.5 Å². The Morgan fingerprint density at radius 3 is 1.72 bits per heavy atom. The first kappa shape index (κ1) is 34.8. The zero-order chi connectivity index (χ0) is 40.3. The van der Waals surface area contributed by atoms with Gasteiger partial charge in [-0.15, -0.1) is 0 Å². The number of furan rings is 1. The first-order valence-corrected chi connectivity index (χ1v) is 20.6. The fraction of sp³-hybridized carbons (Fsp3) is 0. The Labute approximate surface area is 352 Å². The minimum atomic E-state index is 0.599. The monoisotopic (exact) mass is 777 g/mol. The van der Waals surface area contributed by atoms with E-state index in [2.05, 4.69) is 188 Å². The Morgan fingerprint density at radius 1 is 0.279 bits per heavy atom. The van der Waals surface area contributed by atoms with Crippen LogP contribution < -0.4 is 0 Å². The Bertz CT molecular complexity index is 3650. The van der Waals surface area contributed by atoms with E-state index in [-0.39, 0.29) is 0 Å². The lowest BCUT2D eigenvalue weighted by atomic mass is 9.89. The molecule has 0 aliphatic carbocycles. The van der Waals surface area contributed by atoms with Crippen molar-refractivity contribution in [3.63, 3.8) is 0 Å². The molecule has 2 aromatic heterocycles. The lowest BCUT2D eigenvalue weighted by molar-refractivity contribution is 0.669. The predicted molar refractivity (Wildman–Crippen MR) is 252 cm³/mol. The summed E-state index contributed by atoms with van der Waals surface area (Å²) in [6, 6.07) is 74.6. The molecule has 0 aliphatic rings. The molecule has 0 unspecified atom stereocenters. The fourth-order valence-electron chi connectivity index (χ4n) is 9.05. The van der Waals surface area contributed by atoms with Gasteiger partial charge in [0.25, 0.3) is 0 Å². The van der Waals surface area contributed by atoms with Gasteiger partial charge in [-0.1, -0.05) is 188 Å². The molecule has 0 bridgehead atoms. The van der Waals surface area contributed by atoms with Crippen LogP contribution in [-0.4, -0.2) is 15.0 Å². The predicted octanol–water partition coefficient (Wildman–Crippen LogP) is 15.2. The second-order valence-electron chi connectivity index (χ2n) is 15.5. The Morgan fingerprint density at radius 2 is 0.869 bits per heavy atom. The van der Waals surface area contributed by atoms with E-state index in [0.717, 1.165) is 66.4 Å². The standard InChI is InChI=1S/C57H35N3O/c1-2-14-36(15-3-1)40-18-12-19-42(34-40)56-58-55(59-57(60-56)48-23-9-8-22-45(48)46-25-13-27-52-54(46)49-24-10-11-26-51(49)61-52)39-30-28-38(29-31-39)53-44-21-7-5-17-41(44)35-50-43-20-6-4-16-37(43)32-33-47(50)53/h1-35H. The highest BCUT2D eigenvalue weighted by Gasteiger charge is 2.20. The van der Waals surface area contributed by atoms with Crippen molar-refractivity contribution in [3.8, 4) is 67.5 Å². The van der Waals surface area contributed by atoms with Crippen LogP contribution in [0.15, 0.2) is 217 Å². The van der Waals surface area contributed by atoms with Crippen LogP contribution in [0, 0.1) is 0 Å². The molecule has 0 atom stereocenters. The minimum Gasteiger partial charge on any atom is -0.456 e. The molecule has 61 heavy (non-hydrogen) atoms. The summed E-state index contributed by atoms with van der Waals surface area (Å²) in [6.45, 7) is 0. The van der Waals surface area contributed by atoms with Crippen molar-refractivity contribution in [2.45, 2.75) is 0 Å². The third-order valence-electron chi connectivity index (χ3n) is 11.9. The summed E-state index contributed by atoms with van der Waals surface area (Å²) in [5.74, 6) is 1.81. The second kappa shape index (κ2) is 14.3. The van der Waals surface area contributed by atoms with Crippen molar-refractivity contribution in [2.24, 2.45) is 0 Å². The summed E-state index contributed by atoms with van der Waals surface area (Å²) < 4.78 is 6.33. The van der Waals surface area contributed by atoms with E-state index >= 15 is 0 Å². The lowest BCUT2D eigenvalue weighted by Gasteiger charge is -2.15. The van der Waals surface area contributed by atoms with Crippen LogP contribution in [-0.2, 0) is 0 Å². The fourth-order valence-corrected chi connectivity index (χ4v) is 9.05. The van der Waals surface area contributed by atoms with Gasteiger partial charge in [-0.2, -0.15) is 0 Å². The maximum atomic E-state index is 6.33. The van der Waals surface area contributed by atoms with Gasteiger partial charge in [0.15, 0.2) is 17.5 Å². The lowest BCUT2D eigenvalue weighted by Crippen LogP contribution is -2.01. The van der Waals surface area contributed by atoms with Crippen LogP contribution in [0.2, 0.25) is 0 Å². The van der Waals surface area contributed by atoms with Gasteiger partial charge >= 0.3 is 0 Å². The Kier molecular flexibility index (Phi) is 8.13. The van der Waals surface area contributed by atoms with Crippen molar-refractivity contribution < 1.29 is 4.42 Å². The summed E-state index contributed by atoms with van der Waals surface area (Å²) in [5, 5.41) is 9.54. The van der Waals surface area contributed by atoms with Gasteiger partial charge in [0.1, 0.15) is 11.2 Å². The first-order valence-electron chi connectivity index (χ1n) is 20.6. The van der Waals surface area contributed by atoms with Gasteiger partial charge in [0, 0.05) is 27.5 Å². The highest BCUT2D eigenvalue weighted by atomic mass is 16.3. The number of aromatic nitrogens is 3. The van der Waals surface area contributed by atoms with Gasteiger partial charge in [-0.3, -0.25) is 0 Å². The molecule has 10 aromatic carbocycles. The van der Waals surface area contributed by atoms with Crippen LogP contribution in [0.25, 0.3) is 122 Å². The molecule has 0 spiro atoms. The van der Waals surface area contributed by atoms with Crippen LogP contribution in [0.1, 0.15) is 0 Å². The highest BCUT2D eigenvalue weighted by Crippen LogP contribution is 2.42. The molecule has 2 heterocycles. The number of hydrogen-bond donors (Lipinski definition) is 0. The summed E-state index contributed by atoms with van der Waals surface area (Å²) in [4.78, 5) is 15.8. The van der Waals surface area contributed by atoms with Crippen LogP contribution in [0.3, 0.4) is 0 Å². The van der Waals surface area contributed by atoms with Crippen molar-refractivity contribution >= 4 is 54.3 Å². The number of rotatable bonds is 6. The average Bonchev–Trinajstić information content (AvgIpc) is 3.73. The molecule has 0 fully saturated rings. The van der Waals surface area contributed by atoms with E-state index in [4.69, 9.17) is 19.4 Å². The van der Waals surface area contributed by atoms with Gasteiger partial charge in [-0.05, 0) is 90.0 Å². The highest BCUT2D eigenvalue weighted by molar-refractivity contribution is 6.20. The topological polar surface area (TPSA) is 51.8 Å². The Balaban J connectivity index is 1.04. The molecular weight excluding hydrogens is 743 g/mol. The molecule has 0 N–H and O–H groups in total. The Hall–Kier alpha value is -8.21. The smallest absolute Gasteiger partial charge is 0.164 e. The van der Waals surface area contributed by atoms with E-state index in [1.54, 1.807) is 0 Å². The molecule has 4 heteroatoms. The second-order valence-corrected chi connectivity index (χ2v) is 15.5. The van der Waals surface area contributed by atoms with Crippen molar-refractivity contribution in [2.75, 3.05) is 0 Å². The van der Waals surface area contributed by atoms with Gasteiger partial charge in [0.05, 0.1) is 0 Å². The number of nitrogens with zero attached hydrogens (tertiary/aromatic N) is 3. The number of hydrogen-bond acceptors (Lipinski definition) is 4. The molecule has 0 saturated heterocycles. The van der Waals surface area contributed by atoms with E-state index < -0.39 is 0 Å². The zero-order valence-corrected chi connectivity index (χ0v) is 33.0. The molecular formula is C57H35N3O. The molecule has 0 amide bonds. The minimum absolute atomic E-state index is 0.599. The van der Waals surface area contributed by atoms with Crippen LogP contribution in [0.4, 0.5) is 0 Å². The summed E-state index contributed by atoms with van der Waals surface area (Å²) >= 11 is 0. The maximum absolute atomic E-state index is 6.33. The molecule has 12 rings (SSSR count). The molecule has 4 nitrogen and oxygen atoms in total.